The van der Waals surface area contributed by atoms with E-state index in [9.17, 15) is 4.79 Å². The fourth-order valence-electron chi connectivity index (χ4n) is 2.19. The Morgan fingerprint density at radius 3 is 2.65 bits per heavy atom. The number of benzene rings is 1. The molecule has 1 aromatic carbocycles. The Labute approximate surface area is 99.7 Å². The molecule has 0 spiro atoms. The summed E-state index contributed by atoms with van der Waals surface area (Å²) in [6.07, 6.45) is 0. The van der Waals surface area contributed by atoms with E-state index in [0.717, 1.165) is 16.5 Å². The summed E-state index contributed by atoms with van der Waals surface area (Å²) in [5.41, 5.74) is 9.70. The van der Waals surface area contributed by atoms with Crippen LogP contribution in [-0.4, -0.2) is 15.6 Å². The second-order valence-corrected chi connectivity index (χ2v) is 4.39. The molecule has 0 aliphatic heterocycles. The molecule has 1 atom stereocenters. The van der Waals surface area contributed by atoms with Crippen molar-refractivity contribution in [3.8, 4) is 0 Å². The van der Waals surface area contributed by atoms with Crippen LogP contribution >= 0.6 is 0 Å². The molecular weight excluding hydrogens is 216 g/mol. The number of rotatable bonds is 2. The first-order chi connectivity index (χ1) is 7.93. The van der Waals surface area contributed by atoms with Gasteiger partial charge in [-0.3, -0.25) is 4.79 Å². The summed E-state index contributed by atoms with van der Waals surface area (Å²) < 4.78 is 1.87. The summed E-state index contributed by atoms with van der Waals surface area (Å²) in [6.45, 7) is 4.08. The molecule has 4 nitrogen and oxygen atoms in total. The number of aryl methyl sites for hydroxylation is 3. The van der Waals surface area contributed by atoms with Crippen molar-refractivity contribution in [1.29, 1.82) is 0 Å². The Morgan fingerprint density at radius 2 is 2.06 bits per heavy atom. The fraction of sp³-hybridized carbons (Fsp3) is 0.308. The van der Waals surface area contributed by atoms with Gasteiger partial charge in [0.1, 0.15) is 6.04 Å². The van der Waals surface area contributed by atoms with Gasteiger partial charge in [-0.15, -0.1) is 0 Å². The molecule has 0 fully saturated rings. The average Bonchev–Trinajstić information content (AvgIpc) is 2.61. The van der Waals surface area contributed by atoms with Crippen LogP contribution < -0.4 is 5.73 Å². The molecule has 1 unspecified atom stereocenters. The number of carboxylic acid groups (broad SMARTS) is 1. The van der Waals surface area contributed by atoms with Gasteiger partial charge in [0.25, 0.3) is 0 Å². The van der Waals surface area contributed by atoms with Crippen LogP contribution in [0.5, 0.6) is 0 Å². The second kappa shape index (κ2) is 3.89. The van der Waals surface area contributed by atoms with Crippen LogP contribution in [0.1, 0.15) is 22.9 Å². The van der Waals surface area contributed by atoms with E-state index in [1.54, 1.807) is 0 Å². The molecule has 0 bridgehead atoms. The Kier molecular flexibility index (Phi) is 2.67. The summed E-state index contributed by atoms with van der Waals surface area (Å²) >= 11 is 0. The first kappa shape index (κ1) is 11.7. The van der Waals surface area contributed by atoms with Gasteiger partial charge in [-0.1, -0.05) is 12.1 Å². The normalized spacial score (nSPS) is 12.9. The number of fused-ring (bicyclic) bond motifs is 1. The summed E-state index contributed by atoms with van der Waals surface area (Å²) in [5, 5.41) is 10.0. The topological polar surface area (TPSA) is 68.2 Å². The molecule has 3 N–H and O–H groups in total. The Balaban J connectivity index is 2.74. The van der Waals surface area contributed by atoms with Crippen LogP contribution in [0.4, 0.5) is 0 Å². The van der Waals surface area contributed by atoms with Gasteiger partial charge in [0.05, 0.1) is 5.52 Å². The van der Waals surface area contributed by atoms with Gasteiger partial charge in [0.2, 0.25) is 0 Å². The van der Waals surface area contributed by atoms with Crippen molar-refractivity contribution in [3.05, 3.63) is 35.0 Å². The first-order valence-corrected chi connectivity index (χ1v) is 5.47. The van der Waals surface area contributed by atoms with Crippen LogP contribution in [0.15, 0.2) is 18.2 Å². The number of hydrogen-bond acceptors (Lipinski definition) is 2. The van der Waals surface area contributed by atoms with Gasteiger partial charge in [-0.05, 0) is 31.0 Å². The van der Waals surface area contributed by atoms with Gasteiger partial charge >= 0.3 is 5.97 Å². The number of aromatic nitrogens is 1. The van der Waals surface area contributed by atoms with Crippen molar-refractivity contribution < 1.29 is 9.90 Å². The average molecular weight is 232 g/mol. The van der Waals surface area contributed by atoms with Crippen molar-refractivity contribution in [2.75, 3.05) is 0 Å². The highest BCUT2D eigenvalue weighted by Gasteiger charge is 2.20. The maximum absolute atomic E-state index is 10.9. The number of hydrogen-bond donors (Lipinski definition) is 2. The minimum absolute atomic E-state index is 0.626. The number of carbonyl (C=O) groups is 1. The third kappa shape index (κ3) is 1.70. The Morgan fingerprint density at radius 1 is 1.41 bits per heavy atom. The van der Waals surface area contributed by atoms with E-state index < -0.39 is 12.0 Å². The number of nitrogens with zero attached hydrogens (tertiary/aromatic N) is 1. The smallest absolute Gasteiger partial charge is 0.326 e. The summed E-state index contributed by atoms with van der Waals surface area (Å²) in [7, 11) is 1.85. The minimum atomic E-state index is -1.01. The minimum Gasteiger partial charge on any atom is -0.480 e. The van der Waals surface area contributed by atoms with Gasteiger partial charge < -0.3 is 15.4 Å². The van der Waals surface area contributed by atoms with Crippen LogP contribution in [0.2, 0.25) is 0 Å². The standard InChI is InChI=1S/C13H16N2O2/c1-7-4-5-9-6-10(11(14)13(16)17)15(3)12(9)8(7)2/h4-6,11H,14H2,1-3H3,(H,16,17). The Bertz CT molecular complexity index is 599. The molecule has 0 saturated heterocycles. The molecule has 4 heteroatoms. The summed E-state index contributed by atoms with van der Waals surface area (Å²) in [5.74, 6) is -1.01. The zero-order valence-corrected chi connectivity index (χ0v) is 10.2. The van der Waals surface area contributed by atoms with E-state index >= 15 is 0 Å². The lowest BCUT2D eigenvalue weighted by Gasteiger charge is -2.10. The van der Waals surface area contributed by atoms with Gasteiger partial charge in [0.15, 0.2) is 0 Å². The molecule has 2 rings (SSSR count). The molecule has 1 heterocycles. The molecule has 0 aliphatic rings. The molecule has 0 radical (unpaired) electrons. The highest BCUT2D eigenvalue weighted by Crippen LogP contribution is 2.27. The molecule has 0 aliphatic carbocycles. The zero-order chi connectivity index (χ0) is 12.7. The van der Waals surface area contributed by atoms with Crippen molar-refractivity contribution in [3.63, 3.8) is 0 Å². The lowest BCUT2D eigenvalue weighted by atomic mass is 10.1. The number of nitrogens with two attached hydrogens (primary N) is 1. The molecular formula is C13H16N2O2. The van der Waals surface area contributed by atoms with Crippen molar-refractivity contribution in [2.24, 2.45) is 12.8 Å². The maximum atomic E-state index is 10.9. The fourth-order valence-corrected chi connectivity index (χ4v) is 2.19. The van der Waals surface area contributed by atoms with Crippen molar-refractivity contribution >= 4 is 16.9 Å². The van der Waals surface area contributed by atoms with Crippen molar-refractivity contribution in [2.45, 2.75) is 19.9 Å². The zero-order valence-electron chi connectivity index (χ0n) is 10.2. The van der Waals surface area contributed by atoms with E-state index in [4.69, 9.17) is 10.8 Å². The molecule has 2 aromatic rings. The van der Waals surface area contributed by atoms with Crippen LogP contribution in [-0.2, 0) is 11.8 Å². The van der Waals surface area contributed by atoms with E-state index in [2.05, 4.69) is 0 Å². The Hall–Kier alpha value is -1.81. The predicted molar refractivity (Wildman–Crippen MR) is 67.0 cm³/mol. The van der Waals surface area contributed by atoms with E-state index in [1.165, 1.54) is 5.56 Å². The molecule has 17 heavy (non-hydrogen) atoms. The highest BCUT2D eigenvalue weighted by molar-refractivity contribution is 5.87. The largest absolute Gasteiger partial charge is 0.480 e. The first-order valence-electron chi connectivity index (χ1n) is 5.47. The van der Waals surface area contributed by atoms with Crippen LogP contribution in [0.3, 0.4) is 0 Å². The molecule has 0 saturated carbocycles. The monoisotopic (exact) mass is 232 g/mol. The molecule has 0 amide bonds. The SMILES string of the molecule is Cc1ccc2cc(C(N)C(=O)O)n(C)c2c1C. The van der Waals surface area contributed by atoms with E-state index in [-0.39, 0.29) is 0 Å². The van der Waals surface area contributed by atoms with E-state index in [1.807, 2.05) is 43.7 Å². The summed E-state index contributed by atoms with van der Waals surface area (Å²) in [4.78, 5) is 10.9. The number of carboxylic acids is 1. The maximum Gasteiger partial charge on any atom is 0.326 e. The molecule has 1 aromatic heterocycles. The van der Waals surface area contributed by atoms with Gasteiger partial charge in [-0.2, -0.15) is 0 Å². The van der Waals surface area contributed by atoms with Crippen LogP contribution in [0.25, 0.3) is 10.9 Å². The van der Waals surface area contributed by atoms with Crippen molar-refractivity contribution in [1.82, 2.24) is 4.57 Å². The number of aliphatic carboxylic acids is 1. The lowest BCUT2D eigenvalue weighted by Crippen LogP contribution is -2.23. The van der Waals surface area contributed by atoms with Gasteiger partial charge in [-0.25, -0.2) is 0 Å². The highest BCUT2D eigenvalue weighted by atomic mass is 16.4. The molecule has 90 valence electrons. The second-order valence-electron chi connectivity index (χ2n) is 4.39. The summed E-state index contributed by atoms with van der Waals surface area (Å²) in [6, 6.07) is 4.90. The van der Waals surface area contributed by atoms with E-state index in [0.29, 0.717) is 5.69 Å². The third-order valence-corrected chi connectivity index (χ3v) is 3.34. The predicted octanol–water partition coefficient (Wildman–Crippen LogP) is 1.88. The third-order valence-electron chi connectivity index (χ3n) is 3.34. The van der Waals surface area contributed by atoms with Crippen LogP contribution in [0, 0.1) is 13.8 Å². The van der Waals surface area contributed by atoms with Gasteiger partial charge in [0, 0.05) is 18.1 Å². The quantitative estimate of drug-likeness (QED) is 0.830. The lowest BCUT2D eigenvalue weighted by molar-refractivity contribution is -0.138.